The summed E-state index contributed by atoms with van der Waals surface area (Å²) < 4.78 is 5.45. The molecule has 168 valence electrons. The lowest BCUT2D eigenvalue weighted by Crippen LogP contribution is -2.45. The zero-order valence-corrected chi connectivity index (χ0v) is 18.5. The Labute approximate surface area is 190 Å². The van der Waals surface area contributed by atoms with E-state index in [1.807, 2.05) is 42.5 Å². The van der Waals surface area contributed by atoms with Crippen molar-refractivity contribution in [3.8, 4) is 0 Å². The molecule has 0 unspecified atom stereocenters. The average Bonchev–Trinajstić information content (AvgIpc) is 3.33. The molecule has 2 heterocycles. The third-order valence-electron chi connectivity index (χ3n) is 5.81. The molecule has 0 radical (unpaired) electrons. The van der Waals surface area contributed by atoms with Gasteiger partial charge >= 0.3 is 6.03 Å². The second-order valence-electron chi connectivity index (χ2n) is 8.30. The van der Waals surface area contributed by atoms with Gasteiger partial charge in [-0.3, -0.25) is 9.80 Å². The number of hydrogen-bond donors (Lipinski definition) is 2. The second kappa shape index (κ2) is 11.5. The van der Waals surface area contributed by atoms with Gasteiger partial charge in [0, 0.05) is 45.0 Å². The maximum atomic E-state index is 12.1. The van der Waals surface area contributed by atoms with Crippen LogP contribution in [-0.4, -0.2) is 48.6 Å². The Balaban J connectivity index is 1.13. The van der Waals surface area contributed by atoms with E-state index in [0.29, 0.717) is 6.54 Å². The molecule has 0 bridgehead atoms. The fourth-order valence-corrected chi connectivity index (χ4v) is 3.99. The largest absolute Gasteiger partial charge is 0.468 e. The monoisotopic (exact) mass is 432 g/mol. The van der Waals surface area contributed by atoms with Crippen molar-refractivity contribution in [1.29, 1.82) is 0 Å². The van der Waals surface area contributed by atoms with Gasteiger partial charge in [0.1, 0.15) is 5.76 Å². The van der Waals surface area contributed by atoms with Crippen LogP contribution in [0.4, 0.5) is 10.5 Å². The molecule has 6 nitrogen and oxygen atoms in total. The normalized spacial score (nSPS) is 14.9. The van der Waals surface area contributed by atoms with Gasteiger partial charge in [0.2, 0.25) is 0 Å². The standard InChI is InChI=1S/C26H32N4O2/c31-26(27-14-4-8-22-6-2-1-3-7-22)28-24-12-10-23(11-13-24)20-29-15-17-30(18-16-29)21-25-9-5-19-32-25/h1-3,5-7,9-13,19H,4,8,14-18,20-21H2,(H2,27,28,31). The smallest absolute Gasteiger partial charge is 0.319 e. The first-order valence-electron chi connectivity index (χ1n) is 11.4. The van der Waals surface area contributed by atoms with Gasteiger partial charge in [-0.1, -0.05) is 42.5 Å². The highest BCUT2D eigenvalue weighted by Crippen LogP contribution is 2.14. The SMILES string of the molecule is O=C(NCCCc1ccccc1)Nc1ccc(CN2CCN(Cc3ccco3)CC2)cc1. The van der Waals surface area contributed by atoms with Crippen molar-refractivity contribution in [3.63, 3.8) is 0 Å². The maximum absolute atomic E-state index is 12.1. The molecule has 32 heavy (non-hydrogen) atoms. The number of carbonyl (C=O) groups excluding carboxylic acids is 1. The Bertz CT molecular complexity index is 934. The first-order chi connectivity index (χ1) is 15.7. The van der Waals surface area contributed by atoms with Crippen LogP contribution >= 0.6 is 0 Å². The van der Waals surface area contributed by atoms with Crippen molar-refractivity contribution in [2.24, 2.45) is 0 Å². The van der Waals surface area contributed by atoms with Crippen molar-refractivity contribution >= 4 is 11.7 Å². The quantitative estimate of drug-likeness (QED) is 0.494. The lowest BCUT2D eigenvalue weighted by Gasteiger charge is -2.34. The Hall–Kier alpha value is -3.09. The van der Waals surface area contributed by atoms with E-state index in [9.17, 15) is 4.79 Å². The Morgan fingerprint density at radius 2 is 1.53 bits per heavy atom. The van der Waals surface area contributed by atoms with Gasteiger partial charge < -0.3 is 15.1 Å². The number of nitrogens with one attached hydrogen (secondary N) is 2. The first-order valence-corrected chi connectivity index (χ1v) is 11.4. The van der Waals surface area contributed by atoms with E-state index in [-0.39, 0.29) is 6.03 Å². The topological polar surface area (TPSA) is 60.8 Å². The summed E-state index contributed by atoms with van der Waals surface area (Å²) in [7, 11) is 0. The molecule has 0 saturated carbocycles. The number of urea groups is 1. The fourth-order valence-electron chi connectivity index (χ4n) is 3.99. The van der Waals surface area contributed by atoms with Gasteiger partial charge in [0.15, 0.2) is 0 Å². The van der Waals surface area contributed by atoms with E-state index >= 15 is 0 Å². The van der Waals surface area contributed by atoms with Crippen LogP contribution in [0.25, 0.3) is 0 Å². The number of benzene rings is 2. The predicted octanol–water partition coefficient (Wildman–Crippen LogP) is 4.35. The molecular formula is C26H32N4O2. The van der Waals surface area contributed by atoms with Crippen molar-refractivity contribution in [2.45, 2.75) is 25.9 Å². The zero-order valence-electron chi connectivity index (χ0n) is 18.5. The summed E-state index contributed by atoms with van der Waals surface area (Å²) in [5, 5.41) is 5.85. The van der Waals surface area contributed by atoms with Crippen molar-refractivity contribution < 1.29 is 9.21 Å². The van der Waals surface area contributed by atoms with Crippen LogP contribution in [0.15, 0.2) is 77.4 Å². The fraction of sp³-hybridized carbons (Fsp3) is 0.346. The van der Waals surface area contributed by atoms with E-state index in [2.05, 4.69) is 44.7 Å². The van der Waals surface area contributed by atoms with Gasteiger partial charge in [0.05, 0.1) is 12.8 Å². The van der Waals surface area contributed by atoms with Crippen molar-refractivity contribution in [2.75, 3.05) is 38.0 Å². The molecule has 6 heteroatoms. The molecule has 2 aromatic carbocycles. The summed E-state index contributed by atoms with van der Waals surface area (Å²) in [5.74, 6) is 1.03. The van der Waals surface area contributed by atoms with Crippen LogP contribution in [0.3, 0.4) is 0 Å². The van der Waals surface area contributed by atoms with E-state index in [1.165, 1.54) is 11.1 Å². The van der Waals surface area contributed by atoms with Crippen LogP contribution in [0.5, 0.6) is 0 Å². The van der Waals surface area contributed by atoms with E-state index in [0.717, 1.165) is 63.6 Å². The molecule has 0 aliphatic carbocycles. The molecule has 0 atom stereocenters. The lowest BCUT2D eigenvalue weighted by molar-refractivity contribution is 0.116. The van der Waals surface area contributed by atoms with Gasteiger partial charge in [-0.15, -0.1) is 0 Å². The van der Waals surface area contributed by atoms with E-state index < -0.39 is 0 Å². The number of aryl methyl sites for hydroxylation is 1. The molecule has 4 rings (SSSR count). The predicted molar refractivity (Wildman–Crippen MR) is 127 cm³/mol. The van der Waals surface area contributed by atoms with Crippen molar-refractivity contribution in [1.82, 2.24) is 15.1 Å². The highest BCUT2D eigenvalue weighted by atomic mass is 16.3. The summed E-state index contributed by atoms with van der Waals surface area (Å²) in [6.07, 6.45) is 3.62. The van der Waals surface area contributed by atoms with Crippen LogP contribution in [0.2, 0.25) is 0 Å². The number of nitrogens with zero attached hydrogens (tertiary/aromatic N) is 2. The third-order valence-corrected chi connectivity index (χ3v) is 5.81. The summed E-state index contributed by atoms with van der Waals surface area (Å²) in [6.45, 7) is 6.66. The first kappa shape index (κ1) is 22.1. The average molecular weight is 433 g/mol. The van der Waals surface area contributed by atoms with Gasteiger partial charge in [0.25, 0.3) is 0 Å². The maximum Gasteiger partial charge on any atom is 0.319 e. The van der Waals surface area contributed by atoms with Crippen LogP contribution in [0.1, 0.15) is 23.3 Å². The number of amides is 2. The Morgan fingerprint density at radius 1 is 0.812 bits per heavy atom. The van der Waals surface area contributed by atoms with Crippen LogP contribution in [-0.2, 0) is 19.5 Å². The minimum absolute atomic E-state index is 0.154. The molecule has 3 aromatic rings. The molecular weight excluding hydrogens is 400 g/mol. The molecule has 2 N–H and O–H groups in total. The van der Waals surface area contributed by atoms with Gasteiger partial charge in [-0.05, 0) is 48.2 Å². The number of furan rings is 1. The summed E-state index contributed by atoms with van der Waals surface area (Å²) >= 11 is 0. The number of hydrogen-bond acceptors (Lipinski definition) is 4. The summed E-state index contributed by atoms with van der Waals surface area (Å²) in [6, 6.07) is 22.3. The highest BCUT2D eigenvalue weighted by molar-refractivity contribution is 5.89. The van der Waals surface area contributed by atoms with Crippen molar-refractivity contribution in [3.05, 3.63) is 89.9 Å². The van der Waals surface area contributed by atoms with Crippen LogP contribution in [0, 0.1) is 0 Å². The molecule has 0 spiro atoms. The number of carbonyl (C=O) groups is 1. The molecule has 1 aromatic heterocycles. The summed E-state index contributed by atoms with van der Waals surface area (Å²) in [4.78, 5) is 17.0. The van der Waals surface area contributed by atoms with Gasteiger partial charge in [-0.2, -0.15) is 0 Å². The molecule has 1 saturated heterocycles. The molecule has 1 fully saturated rings. The van der Waals surface area contributed by atoms with Gasteiger partial charge in [-0.25, -0.2) is 4.79 Å². The number of rotatable bonds is 9. The summed E-state index contributed by atoms with van der Waals surface area (Å²) in [5.41, 5.74) is 3.38. The Kier molecular flexibility index (Phi) is 7.95. The number of anilines is 1. The lowest BCUT2D eigenvalue weighted by atomic mass is 10.1. The minimum Gasteiger partial charge on any atom is -0.468 e. The van der Waals surface area contributed by atoms with E-state index in [1.54, 1.807) is 6.26 Å². The Morgan fingerprint density at radius 3 is 2.22 bits per heavy atom. The molecule has 2 amide bonds. The van der Waals surface area contributed by atoms with Crippen LogP contribution < -0.4 is 10.6 Å². The highest BCUT2D eigenvalue weighted by Gasteiger charge is 2.17. The molecule has 1 aliphatic heterocycles. The third kappa shape index (κ3) is 6.97. The van der Waals surface area contributed by atoms with E-state index in [4.69, 9.17) is 4.42 Å². The number of piperazine rings is 1. The second-order valence-corrected chi connectivity index (χ2v) is 8.30. The molecule has 1 aliphatic rings. The zero-order chi connectivity index (χ0) is 22.0. The minimum atomic E-state index is -0.154.